The number of aliphatic hydroxyl groups excluding tert-OH is 1. The van der Waals surface area contributed by atoms with Crippen LogP contribution in [0.3, 0.4) is 0 Å². The minimum Gasteiger partial charge on any atom is -0.489 e. The summed E-state index contributed by atoms with van der Waals surface area (Å²) in [7, 11) is 0. The van der Waals surface area contributed by atoms with Gasteiger partial charge in [-0.1, -0.05) is 23.7 Å². The van der Waals surface area contributed by atoms with Gasteiger partial charge in [-0.3, -0.25) is 0 Å². The van der Waals surface area contributed by atoms with Gasteiger partial charge in [0.15, 0.2) is 0 Å². The molecule has 0 radical (unpaired) electrons. The molecule has 0 amide bonds. The van der Waals surface area contributed by atoms with Crippen LogP contribution in [0.2, 0.25) is 0 Å². The Morgan fingerprint density at radius 1 is 1.47 bits per heavy atom. The Morgan fingerprint density at radius 2 is 2.07 bits per heavy atom. The van der Waals surface area contributed by atoms with Gasteiger partial charge in [0.05, 0.1) is 6.10 Å². The summed E-state index contributed by atoms with van der Waals surface area (Å²) in [6, 6.07) is 7.37. The third kappa shape index (κ3) is 3.94. The van der Waals surface area contributed by atoms with Crippen LogP contribution in [0.15, 0.2) is 35.4 Å². The maximum atomic E-state index is 9.30. The third-order valence-corrected chi connectivity index (χ3v) is 2.39. The second kappa shape index (κ2) is 5.79. The van der Waals surface area contributed by atoms with Crippen molar-refractivity contribution in [3.63, 3.8) is 0 Å². The number of halogens is 1. The van der Waals surface area contributed by atoms with Crippen LogP contribution in [0.5, 0.6) is 5.75 Å². The van der Waals surface area contributed by atoms with E-state index in [9.17, 15) is 5.11 Å². The SMILES string of the molecule is C/C(=C\Cl)COc1ccc(C(C)O)cc1. The first kappa shape index (κ1) is 12.1. The summed E-state index contributed by atoms with van der Waals surface area (Å²) in [5.41, 5.74) is 3.35. The molecule has 0 spiro atoms. The quantitative estimate of drug-likeness (QED) is 0.854. The normalized spacial score (nSPS) is 13.7. The van der Waals surface area contributed by atoms with E-state index >= 15 is 0 Å². The Balaban J connectivity index is 2.57. The zero-order valence-corrected chi connectivity index (χ0v) is 9.66. The molecule has 0 bridgehead atoms. The first-order valence-corrected chi connectivity index (χ1v) is 5.24. The number of benzene rings is 1. The molecule has 3 heteroatoms. The van der Waals surface area contributed by atoms with E-state index in [2.05, 4.69) is 0 Å². The lowest BCUT2D eigenvalue weighted by Gasteiger charge is -2.08. The van der Waals surface area contributed by atoms with E-state index in [0.29, 0.717) is 6.61 Å². The molecular weight excluding hydrogens is 212 g/mol. The topological polar surface area (TPSA) is 29.5 Å². The van der Waals surface area contributed by atoms with Crippen LogP contribution in [0.25, 0.3) is 0 Å². The fourth-order valence-electron chi connectivity index (χ4n) is 1.07. The van der Waals surface area contributed by atoms with E-state index < -0.39 is 6.10 Å². The molecule has 82 valence electrons. The van der Waals surface area contributed by atoms with Gasteiger partial charge in [-0.2, -0.15) is 0 Å². The fourth-order valence-corrected chi connectivity index (χ4v) is 1.13. The predicted molar refractivity (Wildman–Crippen MR) is 62.2 cm³/mol. The molecule has 0 saturated heterocycles. The maximum Gasteiger partial charge on any atom is 0.119 e. The van der Waals surface area contributed by atoms with Gasteiger partial charge in [0.2, 0.25) is 0 Å². The number of rotatable bonds is 4. The minimum atomic E-state index is -0.441. The minimum absolute atomic E-state index is 0.441. The molecule has 0 aliphatic rings. The van der Waals surface area contributed by atoms with Crippen molar-refractivity contribution in [1.29, 1.82) is 0 Å². The molecule has 1 atom stereocenters. The number of ether oxygens (including phenoxy) is 1. The highest BCUT2D eigenvalue weighted by atomic mass is 35.5. The average Bonchev–Trinajstić information content (AvgIpc) is 2.26. The van der Waals surface area contributed by atoms with Crippen LogP contribution in [0, 0.1) is 0 Å². The Kier molecular flexibility index (Phi) is 4.66. The van der Waals surface area contributed by atoms with Crippen molar-refractivity contribution in [3.8, 4) is 5.75 Å². The highest BCUT2D eigenvalue weighted by Gasteiger charge is 2.00. The van der Waals surface area contributed by atoms with Gasteiger partial charge in [0.1, 0.15) is 12.4 Å². The first-order chi connectivity index (χ1) is 7.13. The number of aliphatic hydroxyl groups is 1. The van der Waals surface area contributed by atoms with Crippen molar-refractivity contribution in [2.45, 2.75) is 20.0 Å². The molecule has 1 unspecified atom stereocenters. The van der Waals surface area contributed by atoms with Crippen molar-refractivity contribution in [1.82, 2.24) is 0 Å². The van der Waals surface area contributed by atoms with Crippen LogP contribution in [-0.4, -0.2) is 11.7 Å². The number of hydrogen-bond acceptors (Lipinski definition) is 2. The highest BCUT2D eigenvalue weighted by Crippen LogP contribution is 2.17. The van der Waals surface area contributed by atoms with Gasteiger partial charge in [0, 0.05) is 5.54 Å². The van der Waals surface area contributed by atoms with Crippen molar-refractivity contribution in [2.24, 2.45) is 0 Å². The Labute approximate surface area is 95.1 Å². The van der Waals surface area contributed by atoms with Crippen LogP contribution < -0.4 is 4.74 Å². The maximum absolute atomic E-state index is 9.30. The molecule has 2 nitrogen and oxygen atoms in total. The molecular formula is C12H15ClO2. The van der Waals surface area contributed by atoms with Gasteiger partial charge in [-0.25, -0.2) is 0 Å². The van der Waals surface area contributed by atoms with Gasteiger partial charge in [0.25, 0.3) is 0 Å². The standard InChI is InChI=1S/C12H15ClO2/c1-9(7-13)8-15-12-5-3-11(4-6-12)10(2)14/h3-7,10,14H,8H2,1-2H3/b9-7+. The molecule has 15 heavy (non-hydrogen) atoms. The second-order valence-corrected chi connectivity index (χ2v) is 3.71. The van der Waals surface area contributed by atoms with Gasteiger partial charge in [-0.15, -0.1) is 0 Å². The summed E-state index contributed by atoms with van der Waals surface area (Å²) >= 11 is 5.51. The van der Waals surface area contributed by atoms with E-state index in [1.165, 1.54) is 5.54 Å². The molecule has 0 aliphatic carbocycles. The smallest absolute Gasteiger partial charge is 0.119 e. The van der Waals surface area contributed by atoms with E-state index in [1.54, 1.807) is 6.92 Å². The Hall–Kier alpha value is -0.990. The predicted octanol–water partition coefficient (Wildman–Crippen LogP) is 3.26. The van der Waals surface area contributed by atoms with Gasteiger partial charge < -0.3 is 9.84 Å². The summed E-state index contributed by atoms with van der Waals surface area (Å²) in [6.45, 7) is 4.12. The van der Waals surface area contributed by atoms with Crippen molar-refractivity contribution in [3.05, 3.63) is 40.9 Å². The van der Waals surface area contributed by atoms with Crippen LogP contribution in [0.1, 0.15) is 25.5 Å². The molecule has 0 aromatic heterocycles. The molecule has 1 aromatic rings. The van der Waals surface area contributed by atoms with Crippen molar-refractivity contribution < 1.29 is 9.84 Å². The molecule has 0 fully saturated rings. The average molecular weight is 227 g/mol. The monoisotopic (exact) mass is 226 g/mol. The summed E-state index contributed by atoms with van der Waals surface area (Å²) in [5, 5.41) is 9.30. The zero-order chi connectivity index (χ0) is 11.3. The third-order valence-electron chi connectivity index (χ3n) is 2.02. The van der Waals surface area contributed by atoms with Crippen LogP contribution in [-0.2, 0) is 0 Å². The van der Waals surface area contributed by atoms with E-state index in [4.69, 9.17) is 16.3 Å². The first-order valence-electron chi connectivity index (χ1n) is 4.80. The largest absolute Gasteiger partial charge is 0.489 e. The van der Waals surface area contributed by atoms with E-state index in [-0.39, 0.29) is 0 Å². The van der Waals surface area contributed by atoms with Gasteiger partial charge >= 0.3 is 0 Å². The second-order valence-electron chi connectivity index (χ2n) is 3.49. The number of hydrogen-bond donors (Lipinski definition) is 1. The van der Waals surface area contributed by atoms with Crippen molar-refractivity contribution in [2.75, 3.05) is 6.61 Å². The summed E-state index contributed by atoms with van der Waals surface area (Å²) < 4.78 is 5.46. The fraction of sp³-hybridized carbons (Fsp3) is 0.333. The van der Waals surface area contributed by atoms with E-state index in [1.807, 2.05) is 31.2 Å². The van der Waals surface area contributed by atoms with Crippen LogP contribution >= 0.6 is 11.6 Å². The summed E-state index contributed by atoms with van der Waals surface area (Å²) in [6.07, 6.45) is -0.441. The van der Waals surface area contributed by atoms with E-state index in [0.717, 1.165) is 16.9 Å². The lowest BCUT2D eigenvalue weighted by atomic mass is 10.1. The zero-order valence-electron chi connectivity index (χ0n) is 8.90. The van der Waals surface area contributed by atoms with Crippen LogP contribution in [0.4, 0.5) is 0 Å². The Morgan fingerprint density at radius 3 is 2.53 bits per heavy atom. The van der Waals surface area contributed by atoms with Crippen molar-refractivity contribution >= 4 is 11.6 Å². The Bertz CT molecular complexity index is 328. The summed E-state index contributed by atoms with van der Waals surface area (Å²) in [5.74, 6) is 0.775. The molecule has 1 aromatic carbocycles. The lowest BCUT2D eigenvalue weighted by Crippen LogP contribution is -1.98. The molecule has 0 aliphatic heterocycles. The lowest BCUT2D eigenvalue weighted by molar-refractivity contribution is 0.199. The molecule has 0 heterocycles. The van der Waals surface area contributed by atoms with Gasteiger partial charge in [-0.05, 0) is 37.1 Å². The molecule has 1 rings (SSSR count). The summed E-state index contributed by atoms with van der Waals surface area (Å²) in [4.78, 5) is 0. The molecule has 0 saturated carbocycles. The highest BCUT2D eigenvalue weighted by molar-refractivity contribution is 6.25. The molecule has 1 N–H and O–H groups in total.